The summed E-state index contributed by atoms with van der Waals surface area (Å²) in [5.74, 6) is 1.59. The highest BCUT2D eigenvalue weighted by Gasteiger charge is 2.22. The number of aromatic nitrogens is 3. The summed E-state index contributed by atoms with van der Waals surface area (Å²) in [6.45, 7) is 3.10. The van der Waals surface area contributed by atoms with Gasteiger partial charge in [-0.25, -0.2) is 15.0 Å². The molecule has 6 nitrogen and oxygen atoms in total. The van der Waals surface area contributed by atoms with E-state index in [0.717, 1.165) is 36.8 Å². The van der Waals surface area contributed by atoms with Crippen LogP contribution >= 0.6 is 11.6 Å². The first-order valence-corrected chi connectivity index (χ1v) is 9.56. The Morgan fingerprint density at radius 1 is 1.04 bits per heavy atom. The van der Waals surface area contributed by atoms with Crippen molar-refractivity contribution in [1.82, 2.24) is 19.9 Å². The molecule has 3 aromatic rings. The minimum Gasteiger partial charge on any atom is -0.492 e. The van der Waals surface area contributed by atoms with Crippen molar-refractivity contribution in [3.63, 3.8) is 0 Å². The number of benzene rings is 1. The summed E-state index contributed by atoms with van der Waals surface area (Å²) < 4.78 is 5.86. The number of rotatable bonds is 6. The van der Waals surface area contributed by atoms with Crippen LogP contribution in [0.2, 0.25) is 5.15 Å². The third-order valence-corrected chi connectivity index (χ3v) is 4.82. The zero-order valence-corrected chi connectivity index (χ0v) is 16.7. The van der Waals surface area contributed by atoms with E-state index in [1.165, 1.54) is 11.1 Å². The van der Waals surface area contributed by atoms with E-state index in [0.29, 0.717) is 17.7 Å². The molecule has 0 fully saturated rings. The minimum atomic E-state index is 0.452. The summed E-state index contributed by atoms with van der Waals surface area (Å²) in [7, 11) is 4.08. The molecular weight excluding hydrogens is 374 g/mol. The molecule has 0 unspecified atom stereocenters. The molecule has 0 amide bonds. The van der Waals surface area contributed by atoms with E-state index in [-0.39, 0.29) is 0 Å². The molecule has 0 aliphatic carbocycles. The smallest absolute Gasteiger partial charge is 0.226 e. The van der Waals surface area contributed by atoms with Gasteiger partial charge in [-0.05, 0) is 55.6 Å². The second-order valence-corrected chi connectivity index (χ2v) is 7.41. The van der Waals surface area contributed by atoms with E-state index in [9.17, 15) is 0 Å². The molecule has 28 heavy (non-hydrogen) atoms. The number of pyridine rings is 1. The molecule has 0 radical (unpaired) electrons. The fourth-order valence-electron chi connectivity index (χ4n) is 3.14. The van der Waals surface area contributed by atoms with Crippen LogP contribution in [0.25, 0.3) is 11.4 Å². The Bertz CT molecular complexity index is 979. The first-order chi connectivity index (χ1) is 13.6. The van der Waals surface area contributed by atoms with Gasteiger partial charge in [0.2, 0.25) is 5.95 Å². The first-order valence-electron chi connectivity index (χ1n) is 9.19. The molecule has 2 aromatic heterocycles. The van der Waals surface area contributed by atoms with Gasteiger partial charge in [-0.3, -0.25) is 0 Å². The van der Waals surface area contributed by atoms with E-state index < -0.39 is 0 Å². The number of likely N-dealkylation sites (N-methyl/N-ethyl adjacent to an activating group) is 1. The fourth-order valence-corrected chi connectivity index (χ4v) is 3.31. The van der Waals surface area contributed by atoms with Gasteiger partial charge in [0.1, 0.15) is 17.5 Å². The number of hydrogen-bond acceptors (Lipinski definition) is 6. The van der Waals surface area contributed by atoms with Crippen molar-refractivity contribution in [3.05, 3.63) is 64.9 Å². The van der Waals surface area contributed by atoms with Crippen LogP contribution in [-0.4, -0.2) is 47.1 Å². The number of nitrogens with zero attached hydrogens (tertiary/aromatic N) is 5. The molecule has 0 saturated carbocycles. The predicted molar refractivity (Wildman–Crippen MR) is 111 cm³/mol. The molecule has 7 heteroatoms. The van der Waals surface area contributed by atoms with Crippen molar-refractivity contribution in [1.29, 1.82) is 0 Å². The van der Waals surface area contributed by atoms with Gasteiger partial charge in [-0.15, -0.1) is 0 Å². The predicted octanol–water partition coefficient (Wildman–Crippen LogP) is 3.65. The molecule has 0 N–H and O–H groups in total. The third kappa shape index (κ3) is 4.24. The Balaban J connectivity index is 1.49. The van der Waals surface area contributed by atoms with Crippen LogP contribution in [-0.2, 0) is 13.1 Å². The van der Waals surface area contributed by atoms with Crippen LogP contribution < -0.4 is 9.64 Å². The first kappa shape index (κ1) is 18.7. The van der Waals surface area contributed by atoms with Crippen molar-refractivity contribution < 1.29 is 4.74 Å². The molecule has 144 valence electrons. The second-order valence-electron chi connectivity index (χ2n) is 7.03. The van der Waals surface area contributed by atoms with E-state index in [1.54, 1.807) is 12.3 Å². The molecule has 3 heterocycles. The zero-order chi connectivity index (χ0) is 19.5. The van der Waals surface area contributed by atoms with Gasteiger partial charge in [0.15, 0.2) is 0 Å². The topological polar surface area (TPSA) is 54.4 Å². The van der Waals surface area contributed by atoms with Crippen LogP contribution in [0.3, 0.4) is 0 Å². The standard InChI is InChI=1S/C21H22ClN5O/c1-26(2)10-11-28-17-7-6-15-13-27(14-16(15)12-17)21-23-9-8-19(25-21)18-4-3-5-20(22)24-18/h3-9,12H,10-11,13-14H2,1-2H3. The van der Waals surface area contributed by atoms with E-state index >= 15 is 0 Å². The van der Waals surface area contributed by atoms with Gasteiger partial charge in [0.25, 0.3) is 0 Å². The van der Waals surface area contributed by atoms with Gasteiger partial charge in [-0.1, -0.05) is 23.7 Å². The average molecular weight is 396 g/mol. The highest BCUT2D eigenvalue weighted by atomic mass is 35.5. The second kappa shape index (κ2) is 8.12. The van der Waals surface area contributed by atoms with Gasteiger partial charge >= 0.3 is 0 Å². The van der Waals surface area contributed by atoms with Crippen molar-refractivity contribution >= 4 is 17.5 Å². The Labute approximate surface area is 169 Å². The third-order valence-electron chi connectivity index (χ3n) is 4.61. The van der Waals surface area contributed by atoms with Crippen LogP contribution in [0.4, 0.5) is 5.95 Å². The molecule has 0 bridgehead atoms. The lowest BCUT2D eigenvalue weighted by Gasteiger charge is -2.15. The van der Waals surface area contributed by atoms with Crippen molar-refractivity contribution in [2.24, 2.45) is 0 Å². The quantitative estimate of drug-likeness (QED) is 0.594. The Morgan fingerprint density at radius 2 is 1.86 bits per heavy atom. The van der Waals surface area contributed by atoms with Crippen LogP contribution in [0, 0.1) is 0 Å². The Kier molecular flexibility index (Phi) is 5.41. The largest absolute Gasteiger partial charge is 0.492 e. The van der Waals surface area contributed by atoms with Crippen LogP contribution in [0.5, 0.6) is 5.75 Å². The molecule has 0 atom stereocenters. The lowest BCUT2D eigenvalue weighted by atomic mass is 10.1. The molecule has 1 aliphatic heterocycles. The fraction of sp³-hybridized carbons (Fsp3) is 0.286. The van der Waals surface area contributed by atoms with Crippen molar-refractivity contribution in [2.45, 2.75) is 13.1 Å². The zero-order valence-electron chi connectivity index (χ0n) is 16.0. The number of fused-ring (bicyclic) bond motifs is 1. The maximum absolute atomic E-state index is 6.01. The minimum absolute atomic E-state index is 0.452. The molecule has 0 spiro atoms. The van der Waals surface area contributed by atoms with E-state index in [2.05, 4.69) is 31.9 Å². The van der Waals surface area contributed by atoms with Gasteiger partial charge < -0.3 is 14.5 Å². The number of halogens is 1. The maximum Gasteiger partial charge on any atom is 0.226 e. The average Bonchev–Trinajstić information content (AvgIpc) is 3.11. The summed E-state index contributed by atoms with van der Waals surface area (Å²) in [6.07, 6.45) is 1.76. The molecule has 1 aromatic carbocycles. The van der Waals surface area contributed by atoms with E-state index in [4.69, 9.17) is 21.3 Å². The van der Waals surface area contributed by atoms with Crippen LogP contribution in [0.1, 0.15) is 11.1 Å². The number of hydrogen-bond donors (Lipinski definition) is 0. The van der Waals surface area contributed by atoms with Crippen LogP contribution in [0.15, 0.2) is 48.7 Å². The van der Waals surface area contributed by atoms with Crippen molar-refractivity contribution in [3.8, 4) is 17.1 Å². The lowest BCUT2D eigenvalue weighted by Crippen LogP contribution is -2.19. The van der Waals surface area contributed by atoms with Gasteiger partial charge in [0, 0.05) is 25.8 Å². The Morgan fingerprint density at radius 3 is 2.68 bits per heavy atom. The summed E-state index contributed by atoms with van der Waals surface area (Å²) in [5, 5.41) is 0.452. The number of ether oxygens (including phenoxy) is 1. The number of anilines is 1. The maximum atomic E-state index is 6.01. The highest BCUT2D eigenvalue weighted by Crippen LogP contribution is 2.30. The summed E-state index contributed by atoms with van der Waals surface area (Å²) >= 11 is 6.01. The lowest BCUT2D eigenvalue weighted by molar-refractivity contribution is 0.261. The van der Waals surface area contributed by atoms with Gasteiger partial charge in [-0.2, -0.15) is 0 Å². The summed E-state index contributed by atoms with van der Waals surface area (Å²) in [6, 6.07) is 13.6. The summed E-state index contributed by atoms with van der Waals surface area (Å²) in [4.78, 5) is 17.8. The van der Waals surface area contributed by atoms with Crippen molar-refractivity contribution in [2.75, 3.05) is 32.1 Å². The van der Waals surface area contributed by atoms with E-state index in [1.807, 2.05) is 38.4 Å². The highest BCUT2D eigenvalue weighted by molar-refractivity contribution is 6.29. The molecule has 1 aliphatic rings. The SMILES string of the molecule is CN(C)CCOc1ccc2c(c1)CN(c1nccc(-c3cccc(Cl)n3)n1)C2. The monoisotopic (exact) mass is 395 g/mol. The molecular formula is C21H22ClN5O. The normalized spacial score (nSPS) is 13.1. The molecule has 4 rings (SSSR count). The Hall–Kier alpha value is -2.70. The van der Waals surface area contributed by atoms with Gasteiger partial charge in [0.05, 0.1) is 11.4 Å². The summed E-state index contributed by atoms with van der Waals surface area (Å²) in [5.41, 5.74) is 4.02. The molecule has 0 saturated heterocycles.